The zero-order valence-corrected chi connectivity index (χ0v) is 7.24. The molecule has 0 spiro atoms. The molecule has 0 rings (SSSR count). The molecule has 4 radical (unpaired) electrons. The Labute approximate surface area is 67.7 Å². The molecular formula is AgGeO4S-. The Morgan fingerprint density at radius 3 is 1.14 bits per heavy atom. The molecule has 0 heterocycles. The van der Waals surface area contributed by atoms with Gasteiger partial charge in [-0.2, -0.15) is 0 Å². The molecule has 0 aliphatic carbocycles. The van der Waals surface area contributed by atoms with E-state index in [0.29, 0.717) is 0 Å². The van der Waals surface area contributed by atoms with E-state index in [1.165, 1.54) is 0 Å². The molecule has 0 bridgehead atoms. The molecule has 0 aromatic carbocycles. The summed E-state index contributed by atoms with van der Waals surface area (Å²) in [6, 6.07) is 0. The second kappa shape index (κ2) is 5.29. The molecule has 0 N–H and O–H groups in total. The van der Waals surface area contributed by atoms with Crippen LogP contribution >= 0.6 is 0 Å². The second-order valence-corrected chi connectivity index (χ2v) is 1.22. The predicted molar refractivity (Wildman–Crippen MR) is 16.2 cm³/mol. The largest absolute Gasteiger partial charge is 1.00 e. The maximum atomic E-state index is 8.52. The zero-order valence-electron chi connectivity index (χ0n) is 2.84. The zero-order chi connectivity index (χ0) is 4.50. The standard InChI is InChI=1S/Ag.Ge.H2O4S/c;;1-5(2,3)4/h;;(H2,1,2,3,4)/q+1;;/p-2. The maximum absolute atomic E-state index is 8.52. The van der Waals surface area contributed by atoms with Gasteiger partial charge in [0.2, 0.25) is 0 Å². The van der Waals surface area contributed by atoms with Crippen LogP contribution in [0.2, 0.25) is 0 Å². The van der Waals surface area contributed by atoms with Crippen molar-refractivity contribution in [1.29, 1.82) is 0 Å². The van der Waals surface area contributed by atoms with Gasteiger partial charge in [0.05, 0.1) is 0 Å². The molecule has 0 aliphatic heterocycles. The van der Waals surface area contributed by atoms with Crippen LogP contribution in [0.3, 0.4) is 0 Å². The fraction of sp³-hybridized carbons (Fsp3) is 0. The van der Waals surface area contributed by atoms with Gasteiger partial charge in [0.1, 0.15) is 0 Å². The molecule has 0 fully saturated rings. The van der Waals surface area contributed by atoms with Crippen LogP contribution in [0.25, 0.3) is 0 Å². The topological polar surface area (TPSA) is 80.3 Å². The van der Waals surface area contributed by atoms with Crippen LogP contribution in [-0.4, -0.2) is 35.1 Å². The van der Waals surface area contributed by atoms with Gasteiger partial charge in [-0.15, -0.1) is 0 Å². The Morgan fingerprint density at radius 2 is 1.14 bits per heavy atom. The fourth-order valence-corrected chi connectivity index (χ4v) is 0. The Hall–Kier alpha value is 1.15. The van der Waals surface area contributed by atoms with E-state index < -0.39 is 10.4 Å². The number of hydrogen-bond acceptors (Lipinski definition) is 4. The van der Waals surface area contributed by atoms with Gasteiger partial charge in [0.25, 0.3) is 0 Å². The van der Waals surface area contributed by atoms with Crippen LogP contribution in [0.4, 0.5) is 0 Å². The van der Waals surface area contributed by atoms with Crippen LogP contribution < -0.4 is 0 Å². The number of rotatable bonds is 0. The molecule has 0 atom stereocenters. The third-order valence-corrected chi connectivity index (χ3v) is 0. The van der Waals surface area contributed by atoms with E-state index in [1.807, 2.05) is 0 Å². The first kappa shape index (κ1) is 15.7. The van der Waals surface area contributed by atoms with Crippen molar-refractivity contribution in [3.05, 3.63) is 0 Å². The molecule has 0 aromatic heterocycles. The van der Waals surface area contributed by atoms with E-state index in [2.05, 4.69) is 0 Å². The molecule has 0 aromatic rings. The molecule has 0 saturated carbocycles. The van der Waals surface area contributed by atoms with Gasteiger partial charge in [-0.05, 0) is 0 Å². The van der Waals surface area contributed by atoms with Crippen LogP contribution in [-0.2, 0) is 32.8 Å². The van der Waals surface area contributed by atoms with Crippen LogP contribution in [0.15, 0.2) is 0 Å². The van der Waals surface area contributed by atoms with Crippen LogP contribution in [0.1, 0.15) is 0 Å². The summed E-state index contributed by atoms with van der Waals surface area (Å²) in [7, 11) is -5.17. The molecule has 0 saturated heterocycles. The van der Waals surface area contributed by atoms with Crippen molar-refractivity contribution >= 4 is 28.0 Å². The maximum Gasteiger partial charge on any atom is 1.00 e. The second-order valence-electron chi connectivity index (χ2n) is 0.408. The summed E-state index contributed by atoms with van der Waals surface area (Å²) in [6.07, 6.45) is 0. The van der Waals surface area contributed by atoms with Crippen molar-refractivity contribution < 1.29 is 39.9 Å². The average Bonchev–Trinajstić information content (AvgIpc) is 0.722. The molecule has 4 nitrogen and oxygen atoms in total. The molecule has 7 heavy (non-hydrogen) atoms. The summed E-state index contributed by atoms with van der Waals surface area (Å²) in [5.74, 6) is 0. The minimum absolute atomic E-state index is 0. The van der Waals surface area contributed by atoms with E-state index in [4.69, 9.17) is 17.5 Å². The van der Waals surface area contributed by atoms with Gasteiger partial charge in [-0.25, -0.2) is 0 Å². The molecule has 0 unspecified atom stereocenters. The van der Waals surface area contributed by atoms with Crippen LogP contribution in [0.5, 0.6) is 0 Å². The molecule has 0 amide bonds. The van der Waals surface area contributed by atoms with Crippen molar-refractivity contribution in [2.45, 2.75) is 0 Å². The van der Waals surface area contributed by atoms with E-state index >= 15 is 0 Å². The van der Waals surface area contributed by atoms with Crippen molar-refractivity contribution in [2.24, 2.45) is 0 Å². The molecular weight excluding hydrogens is 277 g/mol. The summed E-state index contributed by atoms with van der Waals surface area (Å²) >= 11 is 0. The van der Waals surface area contributed by atoms with Crippen molar-refractivity contribution in [1.82, 2.24) is 0 Å². The van der Waals surface area contributed by atoms with E-state index in [9.17, 15) is 0 Å². The van der Waals surface area contributed by atoms with Gasteiger partial charge < -0.3 is 9.11 Å². The molecule has 46 valence electrons. The van der Waals surface area contributed by atoms with Gasteiger partial charge in [0, 0.05) is 28.0 Å². The SMILES string of the molecule is O=S(=O)([O-])[O-].[Ag+].[Ge]. The predicted octanol–water partition coefficient (Wildman–Crippen LogP) is -1.72. The fourth-order valence-electron chi connectivity index (χ4n) is 0. The third-order valence-electron chi connectivity index (χ3n) is 0. The summed E-state index contributed by atoms with van der Waals surface area (Å²) in [6.45, 7) is 0. The minimum Gasteiger partial charge on any atom is -0.759 e. The normalized spacial score (nSPS) is 8.29. The Bertz CT molecular complexity index is 94.9. The van der Waals surface area contributed by atoms with Gasteiger partial charge in [-0.1, -0.05) is 0 Å². The van der Waals surface area contributed by atoms with Gasteiger partial charge in [0.15, 0.2) is 0 Å². The monoisotopic (exact) mass is 277 g/mol. The number of hydrogen-bond donors (Lipinski definition) is 0. The quantitative estimate of drug-likeness (QED) is 0.299. The first-order valence-electron chi connectivity index (χ1n) is 0.667. The minimum atomic E-state index is -5.17. The van der Waals surface area contributed by atoms with Crippen LogP contribution in [0, 0.1) is 0 Å². The molecule has 0 aliphatic rings. The summed E-state index contributed by atoms with van der Waals surface area (Å²) < 4.78 is 34.1. The summed E-state index contributed by atoms with van der Waals surface area (Å²) in [5, 5.41) is 0. The van der Waals surface area contributed by atoms with Crippen molar-refractivity contribution in [3.63, 3.8) is 0 Å². The summed E-state index contributed by atoms with van der Waals surface area (Å²) in [5.41, 5.74) is 0. The van der Waals surface area contributed by atoms with E-state index in [-0.39, 0.29) is 40.0 Å². The van der Waals surface area contributed by atoms with Gasteiger partial charge in [-0.3, -0.25) is 8.42 Å². The Morgan fingerprint density at radius 1 is 1.14 bits per heavy atom. The van der Waals surface area contributed by atoms with Gasteiger partial charge >= 0.3 is 22.4 Å². The van der Waals surface area contributed by atoms with E-state index in [1.54, 1.807) is 0 Å². The Balaban J connectivity index is -0.0000000800. The average molecular weight is 277 g/mol. The van der Waals surface area contributed by atoms with Crippen molar-refractivity contribution in [2.75, 3.05) is 0 Å². The smallest absolute Gasteiger partial charge is 0.759 e. The first-order valence-corrected chi connectivity index (χ1v) is 2.00. The summed E-state index contributed by atoms with van der Waals surface area (Å²) in [4.78, 5) is 0. The Kier molecular flexibility index (Phi) is 11.9. The van der Waals surface area contributed by atoms with Crippen molar-refractivity contribution in [3.8, 4) is 0 Å². The molecule has 7 heteroatoms. The van der Waals surface area contributed by atoms with E-state index in [0.717, 1.165) is 0 Å². The first-order chi connectivity index (χ1) is 2.00. The third kappa shape index (κ3) is 143.